The molecule has 4 bridgehead atoms. The summed E-state index contributed by atoms with van der Waals surface area (Å²) >= 11 is 0. The first kappa shape index (κ1) is 48.3. The average Bonchev–Trinajstić information content (AvgIpc) is 3.55. The molecule has 0 spiro atoms. The van der Waals surface area contributed by atoms with Gasteiger partial charge in [-0.05, 0) is 85.2 Å². The highest BCUT2D eigenvalue weighted by atomic mass is 32.3. The van der Waals surface area contributed by atoms with Gasteiger partial charge in [-0.25, -0.2) is 25.3 Å². The summed E-state index contributed by atoms with van der Waals surface area (Å²) in [5, 5.41) is 4.41. The molecule has 0 aromatic heterocycles. The molecule has 0 unspecified atom stereocenters. The zero-order valence-electron chi connectivity index (χ0n) is 34.2. The van der Waals surface area contributed by atoms with Crippen LogP contribution in [0.15, 0.2) is 0 Å². The third-order valence-electron chi connectivity index (χ3n) is 10.4. The van der Waals surface area contributed by atoms with Crippen LogP contribution in [0.5, 0.6) is 0 Å². The molecule has 6 heterocycles. The number of hydrogen-bond donors (Lipinski definition) is 5. The number of ether oxygens (including phenoxy) is 3. The Bertz CT molecular complexity index is 1770. The number of carbonyl (C=O) groups is 5. The number of piperidine rings is 4. The Balaban J connectivity index is 0.000000237. The van der Waals surface area contributed by atoms with Crippen LogP contribution in [0.3, 0.4) is 0 Å². The number of fused-ring (bicyclic) bond motifs is 4. The topological polar surface area (TPSA) is 311 Å². The number of carbonyl (C=O) groups excluding carboxylic acids is 5. The maximum Gasteiger partial charge on any atom is 0.418 e. The summed E-state index contributed by atoms with van der Waals surface area (Å²) in [5.74, 6) is -1.05. The van der Waals surface area contributed by atoms with Gasteiger partial charge in [0.25, 0.3) is 11.8 Å². The molecule has 5 N–H and O–H groups in total. The number of amides is 7. The normalized spacial score (nSPS) is 25.0. The van der Waals surface area contributed by atoms with Crippen molar-refractivity contribution in [3.8, 4) is 0 Å². The van der Waals surface area contributed by atoms with E-state index in [2.05, 4.69) is 24.8 Å². The first-order chi connectivity index (χ1) is 28.7. The molecule has 0 radical (unpaired) electrons. The molecule has 6 fully saturated rings. The highest BCUT2D eigenvalue weighted by Crippen LogP contribution is 2.32. The molecule has 6 saturated heterocycles. The van der Waals surface area contributed by atoms with Gasteiger partial charge in [0.1, 0.15) is 17.7 Å². The van der Waals surface area contributed by atoms with Crippen LogP contribution >= 0.6 is 0 Å². The van der Waals surface area contributed by atoms with Gasteiger partial charge in [0.05, 0.1) is 50.7 Å². The van der Waals surface area contributed by atoms with Crippen LogP contribution in [0.1, 0.15) is 72.1 Å². The van der Waals surface area contributed by atoms with E-state index in [9.17, 15) is 40.8 Å². The maximum absolute atomic E-state index is 12.4. The van der Waals surface area contributed by atoms with Crippen molar-refractivity contribution in [3.63, 3.8) is 0 Å². The molecular formula is C33H56N8O18S2. The lowest BCUT2D eigenvalue weighted by Gasteiger charge is -2.33. The van der Waals surface area contributed by atoms with E-state index in [4.69, 9.17) is 33.0 Å². The molecular weight excluding hydrogens is 861 g/mol. The summed E-state index contributed by atoms with van der Waals surface area (Å²) < 4.78 is 86.6. The summed E-state index contributed by atoms with van der Waals surface area (Å²) in [6.45, 7) is 9.42. The SMILES string of the molecule is CC(C)(C)OC(=O)N1CCC(OCCONC(=O)[C@@H]2CC[C@@H]3CN2C(=O)N3OS(=O)(=O)O)CC1.O=C(NOCCOC1CCNCC1)[C@@H]1CC[C@@H]2CN1C(=O)N2OS(=O)(=O)O. The summed E-state index contributed by atoms with van der Waals surface area (Å²) in [6.07, 6.45) is 4.30. The highest BCUT2D eigenvalue weighted by Gasteiger charge is 2.50. The Morgan fingerprint density at radius 1 is 0.672 bits per heavy atom. The number of urea groups is 2. The predicted molar refractivity (Wildman–Crippen MR) is 204 cm³/mol. The van der Waals surface area contributed by atoms with Gasteiger partial charge in [-0.3, -0.25) is 28.4 Å². The van der Waals surface area contributed by atoms with Crippen LogP contribution < -0.4 is 16.3 Å². The van der Waals surface area contributed by atoms with E-state index in [1.165, 1.54) is 9.80 Å². The largest absolute Gasteiger partial charge is 0.444 e. The molecule has 6 aliphatic heterocycles. The van der Waals surface area contributed by atoms with E-state index < -0.39 is 74.4 Å². The first-order valence-electron chi connectivity index (χ1n) is 20.0. The maximum atomic E-state index is 12.4. The Morgan fingerprint density at radius 3 is 1.51 bits per heavy atom. The number of nitrogens with zero attached hydrogens (tertiary/aromatic N) is 5. The quantitative estimate of drug-likeness (QED) is 0.0723. The van der Waals surface area contributed by atoms with Crippen LogP contribution in [0.25, 0.3) is 0 Å². The minimum Gasteiger partial charge on any atom is -0.444 e. The molecule has 348 valence electrons. The number of hydrogen-bond acceptors (Lipinski definition) is 17. The average molecular weight is 917 g/mol. The molecule has 7 amide bonds. The molecule has 0 aliphatic carbocycles. The van der Waals surface area contributed by atoms with Crippen LogP contribution in [0.2, 0.25) is 0 Å². The van der Waals surface area contributed by atoms with Crippen LogP contribution in [0, 0.1) is 0 Å². The van der Waals surface area contributed by atoms with E-state index in [1.54, 1.807) is 4.90 Å². The fraction of sp³-hybridized carbons (Fsp3) is 0.848. The molecule has 6 rings (SSSR count). The van der Waals surface area contributed by atoms with Gasteiger partial charge in [0.15, 0.2) is 0 Å². The predicted octanol–water partition coefficient (Wildman–Crippen LogP) is -0.741. The summed E-state index contributed by atoms with van der Waals surface area (Å²) in [5.41, 5.74) is 4.05. The van der Waals surface area contributed by atoms with Crippen molar-refractivity contribution in [3.05, 3.63) is 0 Å². The van der Waals surface area contributed by atoms with Crippen molar-refractivity contribution in [1.82, 2.24) is 41.1 Å². The molecule has 0 aromatic carbocycles. The van der Waals surface area contributed by atoms with E-state index in [1.807, 2.05) is 20.8 Å². The Morgan fingerprint density at radius 2 is 1.10 bits per heavy atom. The number of likely N-dealkylation sites (tertiary alicyclic amines) is 1. The van der Waals surface area contributed by atoms with Crippen molar-refractivity contribution >= 4 is 50.8 Å². The Labute approximate surface area is 353 Å². The van der Waals surface area contributed by atoms with Crippen LogP contribution in [-0.2, 0) is 62.8 Å². The summed E-state index contributed by atoms with van der Waals surface area (Å²) in [7, 11) is -9.66. The molecule has 0 saturated carbocycles. The van der Waals surface area contributed by atoms with Crippen molar-refractivity contribution in [2.75, 3.05) is 65.7 Å². The van der Waals surface area contributed by atoms with Crippen molar-refractivity contribution in [2.24, 2.45) is 0 Å². The van der Waals surface area contributed by atoms with E-state index in [0.717, 1.165) is 25.9 Å². The lowest BCUT2D eigenvalue weighted by molar-refractivity contribution is -0.141. The van der Waals surface area contributed by atoms with Gasteiger partial charge in [-0.2, -0.15) is 27.0 Å². The van der Waals surface area contributed by atoms with Gasteiger partial charge >= 0.3 is 39.0 Å². The second-order valence-electron chi connectivity index (χ2n) is 16.0. The molecule has 26 nitrogen and oxygen atoms in total. The van der Waals surface area contributed by atoms with E-state index >= 15 is 0 Å². The lowest BCUT2D eigenvalue weighted by Crippen LogP contribution is -2.50. The minimum atomic E-state index is -4.85. The second kappa shape index (κ2) is 21.1. The highest BCUT2D eigenvalue weighted by molar-refractivity contribution is 7.81. The fourth-order valence-corrected chi connectivity index (χ4v) is 8.37. The van der Waals surface area contributed by atoms with Crippen molar-refractivity contribution in [2.45, 2.75) is 114 Å². The first-order valence-corrected chi connectivity index (χ1v) is 22.7. The van der Waals surface area contributed by atoms with Crippen molar-refractivity contribution < 1.29 is 82.4 Å². The second-order valence-corrected chi connectivity index (χ2v) is 18.0. The minimum absolute atomic E-state index is 0.0377. The molecule has 0 aromatic rings. The van der Waals surface area contributed by atoms with Gasteiger partial charge in [0, 0.05) is 26.2 Å². The smallest absolute Gasteiger partial charge is 0.418 e. The molecule has 28 heteroatoms. The third-order valence-corrected chi connectivity index (χ3v) is 11.1. The van der Waals surface area contributed by atoms with Crippen molar-refractivity contribution in [1.29, 1.82) is 0 Å². The standard InChI is InChI=1S/C19H32N4O10S.C14H24N4O8S/c1-19(2,3)32-18(26)21-8-6-14(7-9-21)30-10-11-31-20-16(24)15-5-4-13-12-22(15)17(25)23(13)33-34(27,28)29;19-13(16-25-8-7-24-11-3-5-15-6-4-11)12-2-1-10-9-17(12)14(20)18(10)26-27(21,22)23/h13-15H,4-12H2,1-3H3,(H,20,24)(H,27,28,29);10-12,15H,1-9H2,(H,16,19)(H,21,22,23)/t13-,15+;10-,12+/m11/s1. The summed E-state index contributed by atoms with van der Waals surface area (Å²) in [4.78, 5) is 75.7. The number of nitrogens with one attached hydrogen (secondary N) is 3. The summed E-state index contributed by atoms with van der Waals surface area (Å²) in [6, 6.07) is -4.37. The zero-order valence-corrected chi connectivity index (χ0v) is 35.8. The number of rotatable bonds is 16. The molecule has 61 heavy (non-hydrogen) atoms. The monoisotopic (exact) mass is 916 g/mol. The fourth-order valence-electron chi connectivity index (χ4n) is 7.60. The Kier molecular flexibility index (Phi) is 16.7. The molecule has 4 atom stereocenters. The lowest BCUT2D eigenvalue weighted by atomic mass is 10.0. The third kappa shape index (κ3) is 14.4. The number of hydroxylamine groups is 6. The van der Waals surface area contributed by atoms with E-state index in [-0.39, 0.29) is 57.6 Å². The van der Waals surface area contributed by atoms with Gasteiger partial charge in [0.2, 0.25) is 0 Å². The zero-order chi connectivity index (χ0) is 44.5. The Hall–Kier alpha value is -3.71. The van der Waals surface area contributed by atoms with E-state index in [0.29, 0.717) is 61.9 Å². The van der Waals surface area contributed by atoms with Gasteiger partial charge in [-0.15, -0.1) is 8.57 Å². The molecule has 6 aliphatic rings. The van der Waals surface area contributed by atoms with Crippen LogP contribution in [0.4, 0.5) is 14.4 Å². The van der Waals surface area contributed by atoms with Gasteiger partial charge in [-0.1, -0.05) is 0 Å². The van der Waals surface area contributed by atoms with Crippen LogP contribution in [-0.4, -0.2) is 188 Å². The van der Waals surface area contributed by atoms with Gasteiger partial charge < -0.3 is 34.2 Å².